The summed E-state index contributed by atoms with van der Waals surface area (Å²) in [6.45, 7) is 1.79. The first-order chi connectivity index (χ1) is 12.2. The van der Waals surface area contributed by atoms with Crippen molar-refractivity contribution in [2.45, 2.75) is 19.5 Å². The van der Waals surface area contributed by atoms with Crippen LogP contribution < -0.4 is 43.1 Å². The summed E-state index contributed by atoms with van der Waals surface area (Å²) in [5, 5.41) is 25.7. The number of pyridine rings is 2. The summed E-state index contributed by atoms with van der Waals surface area (Å²) in [4.78, 5) is 0. The average Bonchev–Trinajstić information content (AvgIpc) is 2.66. The molecule has 0 aliphatic rings. The fourth-order valence-electron chi connectivity index (χ4n) is 2.37. The van der Waals surface area contributed by atoms with Crippen LogP contribution in [0.2, 0.25) is 0 Å². The second-order valence-corrected chi connectivity index (χ2v) is 6.81. The SMILES string of the molecule is CS/C(=N/O)c1cc[n+](CCC[n+]2ccc(/C(=N\O)SC)cc2)cc1.[Br-].[Br-]. The lowest BCUT2D eigenvalue weighted by Crippen LogP contribution is -3.00. The summed E-state index contributed by atoms with van der Waals surface area (Å²) in [5.74, 6) is 0. The Morgan fingerprint density at radius 1 is 0.778 bits per heavy atom. The van der Waals surface area contributed by atoms with Crippen LogP contribution >= 0.6 is 23.5 Å². The van der Waals surface area contributed by atoms with Gasteiger partial charge in [0.2, 0.25) is 0 Å². The molecule has 2 N–H and O–H groups in total. The lowest BCUT2D eigenvalue weighted by molar-refractivity contribution is -0.726. The molecule has 2 aromatic heterocycles. The molecule has 2 rings (SSSR count). The lowest BCUT2D eigenvalue weighted by Gasteiger charge is -2.01. The third kappa shape index (κ3) is 7.81. The number of halogens is 2. The minimum Gasteiger partial charge on any atom is -1.00 e. The summed E-state index contributed by atoms with van der Waals surface area (Å²) in [6, 6.07) is 7.80. The van der Waals surface area contributed by atoms with Gasteiger partial charge >= 0.3 is 0 Å². The Labute approximate surface area is 188 Å². The van der Waals surface area contributed by atoms with Crippen LogP contribution in [-0.2, 0) is 13.1 Å². The molecule has 0 saturated carbocycles. The fourth-order valence-corrected chi connectivity index (χ4v) is 3.27. The van der Waals surface area contributed by atoms with E-state index in [0.29, 0.717) is 10.1 Å². The molecule has 0 amide bonds. The molecule has 0 aliphatic carbocycles. The second-order valence-electron chi connectivity index (χ2n) is 5.22. The van der Waals surface area contributed by atoms with Gasteiger partial charge in [-0.2, -0.15) is 0 Å². The Balaban J connectivity index is 0.00000338. The summed E-state index contributed by atoms with van der Waals surface area (Å²) in [6.07, 6.45) is 12.7. The highest BCUT2D eigenvalue weighted by molar-refractivity contribution is 8.14. The predicted molar refractivity (Wildman–Crippen MR) is 102 cm³/mol. The van der Waals surface area contributed by atoms with E-state index in [2.05, 4.69) is 19.4 Å². The molecule has 10 heteroatoms. The summed E-state index contributed by atoms with van der Waals surface area (Å²) < 4.78 is 4.22. The van der Waals surface area contributed by atoms with Gasteiger partial charge in [-0.25, -0.2) is 9.13 Å². The third-order valence-corrected chi connectivity index (χ3v) is 5.09. The molecular weight excluding hydrogens is 516 g/mol. The molecule has 2 heterocycles. The highest BCUT2D eigenvalue weighted by atomic mass is 79.9. The number of aromatic nitrogens is 2. The number of hydrogen-bond acceptors (Lipinski definition) is 6. The molecule has 0 bridgehead atoms. The van der Waals surface area contributed by atoms with E-state index in [4.69, 9.17) is 10.4 Å². The van der Waals surface area contributed by atoms with Gasteiger partial charge in [-0.3, -0.25) is 0 Å². The fraction of sp³-hybridized carbons (Fsp3) is 0.294. The molecule has 0 atom stereocenters. The van der Waals surface area contributed by atoms with Crippen LogP contribution in [0.25, 0.3) is 0 Å². The Bertz CT molecular complexity index is 678. The summed E-state index contributed by atoms with van der Waals surface area (Å²) >= 11 is 2.82. The monoisotopic (exact) mass is 536 g/mol. The normalized spacial score (nSPS) is 11.5. The summed E-state index contributed by atoms with van der Waals surface area (Å²) in [7, 11) is 0. The van der Waals surface area contributed by atoms with E-state index in [1.165, 1.54) is 23.5 Å². The third-order valence-electron chi connectivity index (χ3n) is 3.68. The first-order valence-corrected chi connectivity index (χ1v) is 10.2. The van der Waals surface area contributed by atoms with E-state index in [0.717, 1.165) is 30.6 Å². The number of nitrogens with zero attached hydrogens (tertiary/aromatic N) is 4. The molecule has 0 spiro atoms. The molecule has 0 radical (unpaired) electrons. The predicted octanol–water partition coefficient (Wildman–Crippen LogP) is -3.64. The van der Waals surface area contributed by atoms with Crippen LogP contribution in [0.15, 0.2) is 59.4 Å². The maximum atomic E-state index is 8.94. The highest BCUT2D eigenvalue weighted by Gasteiger charge is 2.09. The van der Waals surface area contributed by atoms with Gasteiger partial charge in [-0.1, -0.05) is 10.3 Å². The van der Waals surface area contributed by atoms with Gasteiger partial charge in [-0.05, 0) is 12.5 Å². The molecule has 0 fully saturated rings. The minimum absolute atomic E-state index is 0. The van der Waals surface area contributed by atoms with Gasteiger partial charge in [0.15, 0.2) is 37.9 Å². The van der Waals surface area contributed by atoms with E-state index in [1.54, 1.807) is 0 Å². The van der Waals surface area contributed by atoms with E-state index in [9.17, 15) is 0 Å². The van der Waals surface area contributed by atoms with Crippen LogP contribution in [0.3, 0.4) is 0 Å². The first-order valence-electron chi connectivity index (χ1n) is 7.73. The maximum absolute atomic E-state index is 8.94. The lowest BCUT2D eigenvalue weighted by atomic mass is 10.2. The van der Waals surface area contributed by atoms with Crippen LogP contribution in [-0.4, -0.2) is 33.0 Å². The number of thioether (sulfide) groups is 2. The van der Waals surface area contributed by atoms with Crippen LogP contribution in [0, 0.1) is 0 Å². The van der Waals surface area contributed by atoms with Gasteiger partial charge in [-0.15, -0.1) is 23.5 Å². The van der Waals surface area contributed by atoms with Gasteiger partial charge in [0.25, 0.3) is 0 Å². The molecule has 0 aliphatic heterocycles. The van der Waals surface area contributed by atoms with E-state index < -0.39 is 0 Å². The van der Waals surface area contributed by atoms with Crippen LogP contribution in [0.1, 0.15) is 17.5 Å². The van der Waals surface area contributed by atoms with Crippen molar-refractivity contribution in [3.8, 4) is 0 Å². The van der Waals surface area contributed by atoms with Crippen molar-refractivity contribution in [3.05, 3.63) is 60.2 Å². The zero-order chi connectivity index (χ0) is 18.1. The quantitative estimate of drug-likeness (QED) is 0.131. The van der Waals surface area contributed by atoms with Crippen molar-refractivity contribution in [1.82, 2.24) is 0 Å². The Morgan fingerprint density at radius 2 is 1.11 bits per heavy atom. The molecule has 2 aromatic rings. The Kier molecular flexibility index (Phi) is 13.4. The molecule has 6 nitrogen and oxygen atoms in total. The molecule has 148 valence electrons. The van der Waals surface area contributed by atoms with Crippen LogP contribution in [0.5, 0.6) is 0 Å². The molecule has 0 saturated heterocycles. The smallest absolute Gasteiger partial charge is 0.169 e. The first kappa shape index (κ1) is 25.9. The Hall–Kier alpha value is -1.10. The largest absolute Gasteiger partial charge is 1.00 e. The molecule has 0 aromatic carbocycles. The number of rotatable bonds is 6. The van der Waals surface area contributed by atoms with Gasteiger partial charge < -0.3 is 44.4 Å². The van der Waals surface area contributed by atoms with Crippen molar-refractivity contribution in [1.29, 1.82) is 0 Å². The maximum Gasteiger partial charge on any atom is 0.169 e. The van der Waals surface area contributed by atoms with E-state index >= 15 is 0 Å². The number of oxime groups is 2. The van der Waals surface area contributed by atoms with Crippen molar-refractivity contribution in [3.63, 3.8) is 0 Å². The topological polar surface area (TPSA) is 72.9 Å². The average molecular weight is 538 g/mol. The van der Waals surface area contributed by atoms with Crippen molar-refractivity contribution in [2.24, 2.45) is 10.3 Å². The molecular formula is C17H22Br2N4O2S2. The van der Waals surface area contributed by atoms with Crippen molar-refractivity contribution < 1.29 is 53.5 Å². The minimum atomic E-state index is 0. The zero-order valence-corrected chi connectivity index (χ0v) is 19.8. The van der Waals surface area contributed by atoms with Gasteiger partial charge in [0.05, 0.1) is 6.42 Å². The van der Waals surface area contributed by atoms with Crippen molar-refractivity contribution >= 4 is 33.6 Å². The zero-order valence-electron chi connectivity index (χ0n) is 15.0. The molecule has 0 unspecified atom stereocenters. The number of aryl methyl sites for hydroxylation is 2. The van der Waals surface area contributed by atoms with Gasteiger partial charge in [0, 0.05) is 35.4 Å². The van der Waals surface area contributed by atoms with Crippen molar-refractivity contribution in [2.75, 3.05) is 12.5 Å². The Morgan fingerprint density at radius 3 is 1.37 bits per heavy atom. The van der Waals surface area contributed by atoms with Gasteiger partial charge in [0.1, 0.15) is 10.1 Å². The van der Waals surface area contributed by atoms with E-state index in [1.807, 2.05) is 61.6 Å². The molecule has 27 heavy (non-hydrogen) atoms. The highest BCUT2D eigenvalue weighted by Crippen LogP contribution is 2.09. The second kappa shape index (κ2) is 14.0. The summed E-state index contributed by atoms with van der Waals surface area (Å²) in [5.41, 5.74) is 1.82. The van der Waals surface area contributed by atoms with Crippen LogP contribution in [0.4, 0.5) is 0 Å². The standard InChI is InChI=1S/C17H20N4O2S2.2BrH/c1-24-16(18-22)14-4-10-20(11-5-14)8-3-9-21-12-6-15(7-13-21)17(19-23)25-2;;/h4-7,10-13H,3,8-9H2,1-2H3;2*1H. The van der Waals surface area contributed by atoms with E-state index in [-0.39, 0.29) is 34.0 Å². The number of hydrogen-bond donors (Lipinski definition) is 2.